The van der Waals surface area contributed by atoms with Crippen LogP contribution in [-0.2, 0) is 9.31 Å². The Morgan fingerprint density at radius 2 is 1.76 bits per heavy atom. The Morgan fingerprint density at radius 1 is 1.24 bits per heavy atom. The second kappa shape index (κ2) is 3.87. The summed E-state index contributed by atoms with van der Waals surface area (Å²) in [5, 5.41) is 0.510. The maximum atomic E-state index is 6.12. The molecule has 4 nitrogen and oxygen atoms in total. The molecule has 1 fully saturated rings. The molecule has 1 aromatic rings. The molecule has 0 spiro atoms. The van der Waals surface area contributed by atoms with Gasteiger partial charge in [0.1, 0.15) is 5.82 Å². The highest BCUT2D eigenvalue weighted by molar-refractivity contribution is 6.65. The van der Waals surface area contributed by atoms with Crippen molar-refractivity contribution >= 4 is 30.0 Å². The number of halogens is 1. The molecule has 1 saturated heterocycles. The fourth-order valence-corrected chi connectivity index (χ4v) is 1.85. The van der Waals surface area contributed by atoms with Crippen LogP contribution in [-0.4, -0.2) is 23.3 Å². The van der Waals surface area contributed by atoms with Crippen LogP contribution in [0, 0.1) is 0 Å². The van der Waals surface area contributed by atoms with E-state index in [1.807, 2.05) is 27.7 Å². The summed E-state index contributed by atoms with van der Waals surface area (Å²) in [5.74, 6) is 0.385. The molecular weight excluding hydrogens is 238 g/mol. The Hall–Kier alpha value is -0.775. The number of hydrogen-bond acceptors (Lipinski definition) is 4. The molecule has 1 aliphatic rings. The first kappa shape index (κ1) is 12.7. The standard InChI is InChI=1S/C11H16BClN2O2/c1-10(2)11(3,4)17-12(16-10)7-6-15-9(14)5-8(7)13/h5-6H,1-4H3,(H2,14,15). The summed E-state index contributed by atoms with van der Waals surface area (Å²) < 4.78 is 11.8. The maximum Gasteiger partial charge on any atom is 0.497 e. The lowest BCUT2D eigenvalue weighted by molar-refractivity contribution is 0.00578. The molecule has 1 aliphatic heterocycles. The number of pyridine rings is 1. The number of nitrogen functional groups attached to an aromatic ring is 1. The summed E-state index contributed by atoms with van der Waals surface area (Å²) in [7, 11) is -0.499. The lowest BCUT2D eigenvalue weighted by Crippen LogP contribution is -2.41. The van der Waals surface area contributed by atoms with Gasteiger partial charge < -0.3 is 15.0 Å². The zero-order chi connectivity index (χ0) is 12.8. The average molecular weight is 255 g/mol. The average Bonchev–Trinajstić information content (AvgIpc) is 2.35. The minimum Gasteiger partial charge on any atom is -0.399 e. The Morgan fingerprint density at radius 3 is 2.24 bits per heavy atom. The van der Waals surface area contributed by atoms with Crippen LogP contribution in [0.25, 0.3) is 0 Å². The number of aromatic nitrogens is 1. The van der Waals surface area contributed by atoms with Crippen LogP contribution in [0.1, 0.15) is 27.7 Å². The molecule has 0 bridgehead atoms. The van der Waals surface area contributed by atoms with E-state index in [2.05, 4.69) is 4.98 Å². The third-order valence-corrected chi connectivity index (χ3v) is 3.74. The van der Waals surface area contributed by atoms with E-state index < -0.39 is 7.12 Å². The van der Waals surface area contributed by atoms with Gasteiger partial charge in [-0.2, -0.15) is 0 Å². The highest BCUT2D eigenvalue weighted by atomic mass is 35.5. The van der Waals surface area contributed by atoms with Crippen molar-refractivity contribution in [2.45, 2.75) is 38.9 Å². The van der Waals surface area contributed by atoms with Crippen LogP contribution in [0.2, 0.25) is 5.02 Å². The maximum absolute atomic E-state index is 6.12. The summed E-state index contributed by atoms with van der Waals surface area (Å²) in [4.78, 5) is 4.01. The Kier molecular flexibility index (Phi) is 2.88. The second-order valence-electron chi connectivity index (χ2n) is 5.22. The summed E-state index contributed by atoms with van der Waals surface area (Å²) >= 11 is 6.12. The molecule has 2 heterocycles. The zero-order valence-corrected chi connectivity index (χ0v) is 11.2. The molecule has 2 N–H and O–H groups in total. The highest BCUT2D eigenvalue weighted by Gasteiger charge is 2.52. The Labute approximate surface area is 107 Å². The molecule has 0 aliphatic carbocycles. The first-order valence-corrected chi connectivity index (χ1v) is 5.87. The third-order valence-electron chi connectivity index (χ3n) is 3.41. The minimum atomic E-state index is -0.499. The molecule has 0 atom stereocenters. The van der Waals surface area contributed by atoms with E-state index in [1.54, 1.807) is 12.3 Å². The van der Waals surface area contributed by atoms with Crippen molar-refractivity contribution in [1.82, 2.24) is 4.98 Å². The molecule has 0 saturated carbocycles. The molecular formula is C11H16BClN2O2. The van der Waals surface area contributed by atoms with Gasteiger partial charge in [-0.15, -0.1) is 0 Å². The zero-order valence-electron chi connectivity index (χ0n) is 10.5. The van der Waals surface area contributed by atoms with Gasteiger partial charge in [0, 0.05) is 16.7 Å². The second-order valence-corrected chi connectivity index (χ2v) is 5.63. The molecule has 1 aromatic heterocycles. The minimum absolute atomic E-state index is 0.385. The first-order valence-electron chi connectivity index (χ1n) is 5.49. The van der Waals surface area contributed by atoms with E-state index >= 15 is 0 Å². The quantitative estimate of drug-likeness (QED) is 0.774. The summed E-state index contributed by atoms with van der Waals surface area (Å²) in [5.41, 5.74) is 5.49. The smallest absolute Gasteiger partial charge is 0.399 e. The van der Waals surface area contributed by atoms with E-state index in [0.29, 0.717) is 16.3 Å². The van der Waals surface area contributed by atoms with Crippen molar-refractivity contribution in [2.75, 3.05) is 5.73 Å². The fourth-order valence-electron chi connectivity index (χ4n) is 1.60. The predicted octanol–water partition coefficient (Wildman–Crippen LogP) is 1.62. The summed E-state index contributed by atoms with van der Waals surface area (Å²) in [6, 6.07) is 1.60. The van der Waals surface area contributed by atoms with Crippen molar-refractivity contribution in [2.24, 2.45) is 0 Å². The number of anilines is 1. The van der Waals surface area contributed by atoms with E-state index in [9.17, 15) is 0 Å². The molecule has 0 aromatic carbocycles. The lowest BCUT2D eigenvalue weighted by atomic mass is 9.80. The van der Waals surface area contributed by atoms with Gasteiger partial charge in [-0.1, -0.05) is 11.6 Å². The van der Waals surface area contributed by atoms with Crippen LogP contribution in [0.15, 0.2) is 12.3 Å². The van der Waals surface area contributed by atoms with Gasteiger partial charge in [-0.25, -0.2) is 4.98 Å². The van der Waals surface area contributed by atoms with Gasteiger partial charge in [0.15, 0.2) is 0 Å². The monoisotopic (exact) mass is 254 g/mol. The van der Waals surface area contributed by atoms with Gasteiger partial charge in [0.05, 0.1) is 11.2 Å². The number of nitrogens with zero attached hydrogens (tertiary/aromatic N) is 1. The van der Waals surface area contributed by atoms with Crippen molar-refractivity contribution in [1.29, 1.82) is 0 Å². The molecule has 2 rings (SSSR count). The lowest BCUT2D eigenvalue weighted by Gasteiger charge is -2.32. The first-order chi connectivity index (χ1) is 7.73. The van der Waals surface area contributed by atoms with E-state index in [4.69, 9.17) is 26.6 Å². The normalized spacial score (nSPS) is 21.8. The SMILES string of the molecule is CC1(C)OB(c2cnc(N)cc2Cl)OC1(C)C. The molecule has 92 valence electrons. The van der Waals surface area contributed by atoms with Crippen LogP contribution in [0.4, 0.5) is 5.82 Å². The van der Waals surface area contributed by atoms with Gasteiger partial charge >= 0.3 is 7.12 Å². The van der Waals surface area contributed by atoms with Crippen LogP contribution < -0.4 is 11.2 Å². The largest absolute Gasteiger partial charge is 0.497 e. The number of nitrogens with two attached hydrogens (primary N) is 1. The highest BCUT2D eigenvalue weighted by Crippen LogP contribution is 2.36. The molecule has 0 amide bonds. The van der Waals surface area contributed by atoms with Crippen LogP contribution in [0.3, 0.4) is 0 Å². The van der Waals surface area contributed by atoms with Gasteiger partial charge in [0.25, 0.3) is 0 Å². The topological polar surface area (TPSA) is 57.4 Å². The summed E-state index contributed by atoms with van der Waals surface area (Å²) in [6.07, 6.45) is 1.60. The van der Waals surface area contributed by atoms with E-state index in [1.165, 1.54) is 0 Å². The van der Waals surface area contributed by atoms with Crippen molar-refractivity contribution in [3.8, 4) is 0 Å². The van der Waals surface area contributed by atoms with Crippen molar-refractivity contribution < 1.29 is 9.31 Å². The number of rotatable bonds is 1. The number of hydrogen-bond donors (Lipinski definition) is 1. The van der Waals surface area contributed by atoms with E-state index in [-0.39, 0.29) is 11.2 Å². The van der Waals surface area contributed by atoms with Crippen LogP contribution >= 0.6 is 11.6 Å². The van der Waals surface area contributed by atoms with Crippen LogP contribution in [0.5, 0.6) is 0 Å². The molecule has 17 heavy (non-hydrogen) atoms. The Bertz CT molecular complexity index is 435. The van der Waals surface area contributed by atoms with Gasteiger partial charge in [-0.05, 0) is 33.8 Å². The van der Waals surface area contributed by atoms with E-state index in [0.717, 1.165) is 0 Å². The predicted molar refractivity (Wildman–Crippen MR) is 69.4 cm³/mol. The molecule has 6 heteroatoms. The molecule has 0 unspecified atom stereocenters. The van der Waals surface area contributed by atoms with Gasteiger partial charge in [0.2, 0.25) is 0 Å². The van der Waals surface area contributed by atoms with Crippen molar-refractivity contribution in [3.05, 3.63) is 17.3 Å². The Balaban J connectivity index is 2.32. The van der Waals surface area contributed by atoms with Gasteiger partial charge in [-0.3, -0.25) is 0 Å². The fraction of sp³-hybridized carbons (Fsp3) is 0.545. The molecule has 0 radical (unpaired) electrons. The summed E-state index contributed by atoms with van der Waals surface area (Å²) in [6.45, 7) is 7.97. The third kappa shape index (κ3) is 2.15. The van der Waals surface area contributed by atoms with Crippen molar-refractivity contribution in [3.63, 3.8) is 0 Å².